The Morgan fingerprint density at radius 3 is 1.05 bits per heavy atom. The molecule has 0 bridgehead atoms. The molecule has 2 aliphatic rings. The van der Waals surface area contributed by atoms with Crippen LogP contribution >= 0.6 is 0 Å². The van der Waals surface area contributed by atoms with Crippen LogP contribution in [0.1, 0.15) is 63.8 Å². The molecule has 0 atom stereocenters. The molecule has 1 aliphatic heterocycles. The molecule has 0 amide bonds. The molecule has 1 aliphatic carbocycles. The Bertz CT molecular complexity index is 1610. The topological polar surface area (TPSA) is 6.48 Å². The van der Waals surface area contributed by atoms with Crippen LogP contribution in [0.2, 0.25) is 0 Å². The average molecular weight is 549 g/mol. The fourth-order valence-corrected chi connectivity index (χ4v) is 7.70. The summed E-state index contributed by atoms with van der Waals surface area (Å²) in [6.07, 6.45) is 0. The van der Waals surface area contributed by atoms with E-state index < -0.39 is 5.66 Å². The Hall–Kier alpha value is -4.30. The second-order valence-electron chi connectivity index (χ2n) is 13.5. The molecule has 2 nitrogen and oxygen atoms in total. The number of hydrogen-bond donors (Lipinski definition) is 0. The van der Waals surface area contributed by atoms with Crippen LogP contribution in [0.4, 0.5) is 22.7 Å². The molecular weight excluding hydrogens is 508 g/mol. The van der Waals surface area contributed by atoms with Crippen molar-refractivity contribution in [3.63, 3.8) is 0 Å². The third-order valence-electron chi connectivity index (χ3n) is 11.1. The fourth-order valence-electron chi connectivity index (χ4n) is 7.70. The third-order valence-corrected chi connectivity index (χ3v) is 11.1. The lowest BCUT2D eigenvalue weighted by atomic mass is 9.59. The van der Waals surface area contributed by atoms with E-state index in [9.17, 15) is 0 Å². The summed E-state index contributed by atoms with van der Waals surface area (Å²) >= 11 is 0. The Morgan fingerprint density at radius 2 is 0.714 bits per heavy atom. The van der Waals surface area contributed by atoms with Gasteiger partial charge in [0.05, 0.1) is 11.4 Å². The highest BCUT2D eigenvalue weighted by molar-refractivity contribution is 5.94. The van der Waals surface area contributed by atoms with Gasteiger partial charge in [0.25, 0.3) is 0 Å². The Labute approximate surface area is 251 Å². The van der Waals surface area contributed by atoms with Crippen LogP contribution < -0.4 is 9.80 Å². The predicted molar refractivity (Wildman–Crippen MR) is 177 cm³/mol. The minimum Gasteiger partial charge on any atom is -0.308 e. The van der Waals surface area contributed by atoms with E-state index in [1.165, 1.54) is 45.0 Å². The predicted octanol–water partition coefficient (Wildman–Crippen LogP) is 10.5. The minimum absolute atomic E-state index is 0.00839. The highest BCUT2D eigenvalue weighted by Gasteiger charge is 2.60. The zero-order valence-electron chi connectivity index (χ0n) is 25.6. The van der Waals surface area contributed by atoms with Gasteiger partial charge in [-0.05, 0) is 63.8 Å². The number of benzene rings is 5. The van der Waals surface area contributed by atoms with Crippen molar-refractivity contribution in [3.05, 3.63) is 156 Å². The van der Waals surface area contributed by atoms with E-state index in [1.54, 1.807) is 0 Å². The van der Waals surface area contributed by atoms with E-state index in [0.29, 0.717) is 0 Å². The molecule has 0 saturated heterocycles. The van der Waals surface area contributed by atoms with Crippen molar-refractivity contribution in [2.75, 3.05) is 9.80 Å². The zero-order valence-corrected chi connectivity index (χ0v) is 25.6. The van der Waals surface area contributed by atoms with Crippen LogP contribution in [0.5, 0.6) is 0 Å². The fraction of sp³-hybridized carbons (Fsp3) is 0.250. The van der Waals surface area contributed by atoms with Crippen molar-refractivity contribution in [2.24, 2.45) is 5.41 Å². The maximum absolute atomic E-state index is 2.59. The number of hydrogen-bond acceptors (Lipinski definition) is 2. The monoisotopic (exact) mass is 548 g/mol. The Balaban J connectivity index is 1.67. The van der Waals surface area contributed by atoms with Crippen LogP contribution in [0, 0.1) is 5.41 Å². The molecule has 1 heterocycles. The zero-order chi connectivity index (χ0) is 29.3. The van der Waals surface area contributed by atoms with Crippen molar-refractivity contribution in [3.8, 4) is 0 Å². The summed E-state index contributed by atoms with van der Waals surface area (Å²) in [5.74, 6) is 0. The summed E-state index contributed by atoms with van der Waals surface area (Å²) < 4.78 is 0. The van der Waals surface area contributed by atoms with E-state index in [0.717, 1.165) is 0 Å². The van der Waals surface area contributed by atoms with Crippen molar-refractivity contribution in [1.29, 1.82) is 0 Å². The lowest BCUT2D eigenvalue weighted by Crippen LogP contribution is -2.51. The van der Waals surface area contributed by atoms with Crippen molar-refractivity contribution >= 4 is 22.7 Å². The van der Waals surface area contributed by atoms with E-state index in [4.69, 9.17) is 0 Å². The summed E-state index contributed by atoms with van der Waals surface area (Å²) in [7, 11) is 0. The van der Waals surface area contributed by atoms with Crippen LogP contribution in [0.15, 0.2) is 133 Å². The molecule has 0 radical (unpaired) electrons. The summed E-state index contributed by atoms with van der Waals surface area (Å²) in [6, 6.07) is 49.0. The van der Waals surface area contributed by atoms with Gasteiger partial charge < -0.3 is 9.80 Å². The van der Waals surface area contributed by atoms with E-state index in [2.05, 4.69) is 185 Å². The first-order valence-electron chi connectivity index (χ1n) is 15.1. The quantitative estimate of drug-likeness (QED) is 0.220. The molecule has 0 spiro atoms. The van der Waals surface area contributed by atoms with E-state index in [1.807, 2.05) is 0 Å². The second-order valence-corrected chi connectivity index (χ2v) is 13.5. The summed E-state index contributed by atoms with van der Waals surface area (Å²) in [5.41, 5.74) is 9.53. The molecule has 0 N–H and O–H groups in total. The maximum Gasteiger partial charge on any atom is 0.175 e. The number of para-hydroxylation sites is 2. The SMILES string of the molecule is CC1(C)c2cc3c(cc2C(C)(C)C1(C)C)N(c1ccccc1)C(c1ccccc1)(c1ccccc1)N3c1ccccc1. The van der Waals surface area contributed by atoms with Gasteiger partial charge in [-0.25, -0.2) is 0 Å². The molecule has 7 rings (SSSR count). The molecular formula is C40H40N2. The van der Waals surface area contributed by atoms with Crippen molar-refractivity contribution < 1.29 is 0 Å². The van der Waals surface area contributed by atoms with Gasteiger partial charge >= 0.3 is 0 Å². The van der Waals surface area contributed by atoms with Crippen LogP contribution in [-0.4, -0.2) is 0 Å². The van der Waals surface area contributed by atoms with E-state index >= 15 is 0 Å². The van der Waals surface area contributed by atoms with Gasteiger partial charge in [0.2, 0.25) is 0 Å². The van der Waals surface area contributed by atoms with Gasteiger partial charge in [-0.2, -0.15) is 0 Å². The largest absolute Gasteiger partial charge is 0.308 e. The molecule has 5 aromatic carbocycles. The third kappa shape index (κ3) is 3.33. The van der Waals surface area contributed by atoms with Crippen LogP contribution in [0.3, 0.4) is 0 Å². The number of nitrogens with zero attached hydrogens (tertiary/aromatic N) is 2. The Kier molecular flexibility index (Phi) is 5.76. The maximum atomic E-state index is 2.59. The molecule has 0 fully saturated rings. The number of anilines is 4. The molecule has 0 aromatic heterocycles. The highest BCUT2D eigenvalue weighted by Crippen LogP contribution is 2.66. The first-order valence-corrected chi connectivity index (χ1v) is 15.1. The second kappa shape index (κ2) is 9.10. The van der Waals surface area contributed by atoms with Gasteiger partial charge in [-0.1, -0.05) is 139 Å². The number of rotatable bonds is 4. The van der Waals surface area contributed by atoms with Gasteiger partial charge in [0, 0.05) is 22.5 Å². The number of fused-ring (bicyclic) bond motifs is 2. The Morgan fingerprint density at radius 1 is 0.405 bits per heavy atom. The highest BCUT2D eigenvalue weighted by atomic mass is 15.5. The summed E-state index contributed by atoms with van der Waals surface area (Å²) in [6.45, 7) is 14.6. The van der Waals surface area contributed by atoms with Gasteiger partial charge in [-0.15, -0.1) is 0 Å². The van der Waals surface area contributed by atoms with Crippen LogP contribution in [0.25, 0.3) is 0 Å². The smallest absolute Gasteiger partial charge is 0.175 e. The lowest BCUT2D eigenvalue weighted by molar-refractivity contribution is 0.125. The molecule has 42 heavy (non-hydrogen) atoms. The molecule has 5 aromatic rings. The first-order chi connectivity index (χ1) is 20.1. The average Bonchev–Trinajstić information content (AvgIpc) is 3.37. The summed E-state index contributed by atoms with van der Waals surface area (Å²) in [5, 5.41) is 0. The molecule has 0 unspecified atom stereocenters. The molecule has 2 heteroatoms. The normalized spacial score (nSPS) is 18.9. The lowest BCUT2D eigenvalue weighted by Gasteiger charge is -2.47. The van der Waals surface area contributed by atoms with Gasteiger partial charge in [-0.3, -0.25) is 0 Å². The van der Waals surface area contributed by atoms with E-state index in [-0.39, 0.29) is 16.2 Å². The van der Waals surface area contributed by atoms with Gasteiger partial charge in [0.15, 0.2) is 5.66 Å². The molecule has 210 valence electrons. The first kappa shape index (κ1) is 26.6. The van der Waals surface area contributed by atoms with Crippen molar-refractivity contribution in [1.82, 2.24) is 0 Å². The summed E-state index contributed by atoms with van der Waals surface area (Å²) in [4.78, 5) is 5.18. The minimum atomic E-state index is -0.660. The van der Waals surface area contributed by atoms with Crippen molar-refractivity contribution in [2.45, 2.75) is 58.0 Å². The molecule has 0 saturated carbocycles. The van der Waals surface area contributed by atoms with Crippen LogP contribution in [-0.2, 0) is 16.5 Å². The standard InChI is InChI=1S/C40H40N2/c1-37(2)33-27-35-36(28-34(33)38(3,4)39(37,5)6)42(32-25-17-10-18-26-32)40(29-19-11-7-12-20-29,30-21-13-8-14-22-30)41(35)31-23-15-9-16-24-31/h7-28H,1-6H3. The van der Waals surface area contributed by atoms with Gasteiger partial charge in [0.1, 0.15) is 0 Å².